The Hall–Kier alpha value is -0.480. The van der Waals surface area contributed by atoms with Gasteiger partial charge in [0, 0.05) is 6.42 Å². The first-order chi connectivity index (χ1) is 5.04. The summed E-state index contributed by atoms with van der Waals surface area (Å²) in [6.45, 7) is 8.51. The third kappa shape index (κ3) is 5.94. The molecule has 0 aromatic carbocycles. The van der Waals surface area contributed by atoms with Gasteiger partial charge in [-0.05, 0) is 11.8 Å². The van der Waals surface area contributed by atoms with E-state index in [1.807, 2.05) is 0 Å². The van der Waals surface area contributed by atoms with Gasteiger partial charge in [0.1, 0.15) is 0 Å². The van der Waals surface area contributed by atoms with Gasteiger partial charge in [-0.1, -0.05) is 33.6 Å². The Morgan fingerprint density at radius 2 is 1.73 bits per heavy atom. The van der Waals surface area contributed by atoms with Crippen molar-refractivity contribution in [2.24, 2.45) is 17.6 Å². The monoisotopic (exact) mass is 153 g/mol. The highest BCUT2D eigenvalue weighted by molar-refractivity contribution is 5.07. The molecule has 11 heavy (non-hydrogen) atoms. The van der Waals surface area contributed by atoms with Crippen LogP contribution < -0.4 is 5.73 Å². The van der Waals surface area contributed by atoms with Crippen LogP contribution in [0.4, 0.5) is 0 Å². The maximum atomic E-state index is 5.73. The van der Waals surface area contributed by atoms with Crippen LogP contribution in [-0.2, 0) is 0 Å². The Bertz CT molecular complexity index is 148. The lowest BCUT2D eigenvalue weighted by Crippen LogP contribution is -2.23. The highest BCUT2D eigenvalue weighted by atomic mass is 14.6. The molecule has 1 unspecified atom stereocenters. The lowest BCUT2D eigenvalue weighted by Gasteiger charge is -2.06. The van der Waals surface area contributed by atoms with Crippen LogP contribution in [-0.4, -0.2) is 6.04 Å². The molecule has 1 nitrogen and oxygen atoms in total. The minimum Gasteiger partial charge on any atom is -0.317 e. The molecule has 0 aliphatic heterocycles. The third-order valence-electron chi connectivity index (χ3n) is 1.50. The smallest absolute Gasteiger partial charge is 0.0687 e. The van der Waals surface area contributed by atoms with Crippen molar-refractivity contribution >= 4 is 0 Å². The van der Waals surface area contributed by atoms with Crippen molar-refractivity contribution in [2.75, 3.05) is 0 Å². The van der Waals surface area contributed by atoms with Crippen LogP contribution in [0, 0.1) is 23.7 Å². The van der Waals surface area contributed by atoms with Gasteiger partial charge in [-0.3, -0.25) is 0 Å². The summed E-state index contributed by atoms with van der Waals surface area (Å²) in [5.41, 5.74) is 5.73. The van der Waals surface area contributed by atoms with Crippen molar-refractivity contribution in [3.63, 3.8) is 0 Å². The van der Waals surface area contributed by atoms with Crippen LogP contribution in [0.15, 0.2) is 0 Å². The molecule has 0 saturated carbocycles. The van der Waals surface area contributed by atoms with Crippen LogP contribution in [0.1, 0.15) is 34.1 Å². The molecule has 0 fully saturated rings. The van der Waals surface area contributed by atoms with E-state index in [0.717, 1.165) is 6.42 Å². The largest absolute Gasteiger partial charge is 0.317 e. The minimum absolute atomic E-state index is 0.0498. The van der Waals surface area contributed by atoms with E-state index in [2.05, 4.69) is 39.5 Å². The van der Waals surface area contributed by atoms with E-state index in [-0.39, 0.29) is 6.04 Å². The fourth-order valence-electron chi connectivity index (χ4n) is 0.548. The lowest BCUT2D eigenvalue weighted by atomic mass is 10.1. The first kappa shape index (κ1) is 10.5. The fourth-order valence-corrected chi connectivity index (χ4v) is 0.548. The van der Waals surface area contributed by atoms with Crippen LogP contribution in [0.5, 0.6) is 0 Å². The second kappa shape index (κ2) is 5.21. The molecule has 0 spiro atoms. The standard InChI is InChI=1S/C10H19N/c1-8(2)6-5-7-10(11)9(3)4/h8-10H,6,11H2,1-4H3. The average molecular weight is 153 g/mol. The van der Waals surface area contributed by atoms with Gasteiger partial charge in [-0.25, -0.2) is 0 Å². The molecule has 0 heterocycles. The van der Waals surface area contributed by atoms with E-state index in [4.69, 9.17) is 5.73 Å². The summed E-state index contributed by atoms with van der Waals surface area (Å²) < 4.78 is 0. The van der Waals surface area contributed by atoms with Crippen molar-refractivity contribution in [3.8, 4) is 11.8 Å². The number of hydrogen-bond donors (Lipinski definition) is 1. The summed E-state index contributed by atoms with van der Waals surface area (Å²) in [5.74, 6) is 7.25. The molecular weight excluding hydrogens is 134 g/mol. The van der Waals surface area contributed by atoms with E-state index in [9.17, 15) is 0 Å². The molecule has 0 amide bonds. The Morgan fingerprint density at radius 1 is 1.18 bits per heavy atom. The average Bonchev–Trinajstić information content (AvgIpc) is 1.86. The second-order valence-corrected chi connectivity index (χ2v) is 3.69. The van der Waals surface area contributed by atoms with E-state index in [1.54, 1.807) is 0 Å². The van der Waals surface area contributed by atoms with E-state index >= 15 is 0 Å². The molecule has 64 valence electrons. The van der Waals surface area contributed by atoms with Gasteiger partial charge in [0.15, 0.2) is 0 Å². The highest BCUT2D eigenvalue weighted by Crippen LogP contribution is 1.99. The zero-order chi connectivity index (χ0) is 8.85. The predicted molar refractivity (Wildman–Crippen MR) is 50.0 cm³/mol. The molecular formula is C10H19N. The molecule has 1 atom stereocenters. The predicted octanol–water partition coefficient (Wildman–Crippen LogP) is 2.02. The molecule has 0 aromatic rings. The summed E-state index contributed by atoms with van der Waals surface area (Å²) in [4.78, 5) is 0. The molecule has 0 bridgehead atoms. The van der Waals surface area contributed by atoms with E-state index in [1.165, 1.54) is 0 Å². The SMILES string of the molecule is CC(C)CC#CC(N)C(C)C. The van der Waals surface area contributed by atoms with Gasteiger partial charge in [0.05, 0.1) is 6.04 Å². The van der Waals surface area contributed by atoms with Gasteiger partial charge in [-0.15, -0.1) is 5.92 Å². The van der Waals surface area contributed by atoms with Crippen molar-refractivity contribution in [1.29, 1.82) is 0 Å². The second-order valence-electron chi connectivity index (χ2n) is 3.69. The topological polar surface area (TPSA) is 26.0 Å². The van der Waals surface area contributed by atoms with E-state index < -0.39 is 0 Å². The highest BCUT2D eigenvalue weighted by Gasteiger charge is 2.01. The van der Waals surface area contributed by atoms with Crippen LogP contribution in [0.3, 0.4) is 0 Å². The molecule has 0 saturated heterocycles. The van der Waals surface area contributed by atoms with Crippen LogP contribution in [0.25, 0.3) is 0 Å². The molecule has 0 aromatic heterocycles. The van der Waals surface area contributed by atoms with Crippen LogP contribution in [0.2, 0.25) is 0 Å². The van der Waals surface area contributed by atoms with Crippen molar-refractivity contribution in [1.82, 2.24) is 0 Å². The van der Waals surface area contributed by atoms with Crippen LogP contribution >= 0.6 is 0 Å². The zero-order valence-electron chi connectivity index (χ0n) is 8.02. The number of nitrogens with two attached hydrogens (primary N) is 1. The van der Waals surface area contributed by atoms with Gasteiger partial charge in [-0.2, -0.15) is 0 Å². The third-order valence-corrected chi connectivity index (χ3v) is 1.50. The summed E-state index contributed by atoms with van der Waals surface area (Å²) in [6.07, 6.45) is 0.959. The Morgan fingerprint density at radius 3 is 2.09 bits per heavy atom. The minimum atomic E-state index is 0.0498. The maximum absolute atomic E-state index is 5.73. The van der Waals surface area contributed by atoms with Gasteiger partial charge in [0.2, 0.25) is 0 Å². The van der Waals surface area contributed by atoms with E-state index in [0.29, 0.717) is 11.8 Å². The molecule has 0 aliphatic rings. The molecule has 1 heteroatoms. The van der Waals surface area contributed by atoms with Gasteiger partial charge < -0.3 is 5.73 Å². The van der Waals surface area contributed by atoms with Gasteiger partial charge >= 0.3 is 0 Å². The lowest BCUT2D eigenvalue weighted by molar-refractivity contribution is 0.583. The Labute approximate surface area is 70.4 Å². The number of rotatable bonds is 2. The zero-order valence-corrected chi connectivity index (χ0v) is 8.02. The first-order valence-corrected chi connectivity index (χ1v) is 4.28. The summed E-state index contributed by atoms with van der Waals surface area (Å²) in [6, 6.07) is 0.0498. The Kier molecular flexibility index (Phi) is 4.98. The first-order valence-electron chi connectivity index (χ1n) is 4.28. The summed E-state index contributed by atoms with van der Waals surface area (Å²) in [5, 5.41) is 0. The van der Waals surface area contributed by atoms with Crippen molar-refractivity contribution < 1.29 is 0 Å². The molecule has 0 rings (SSSR count). The quantitative estimate of drug-likeness (QED) is 0.603. The normalized spacial score (nSPS) is 13.0. The molecule has 2 N–H and O–H groups in total. The summed E-state index contributed by atoms with van der Waals surface area (Å²) >= 11 is 0. The fraction of sp³-hybridized carbons (Fsp3) is 0.800. The molecule has 0 aliphatic carbocycles. The number of hydrogen-bond acceptors (Lipinski definition) is 1. The Balaban J connectivity index is 3.69. The molecule has 0 radical (unpaired) electrons. The summed E-state index contributed by atoms with van der Waals surface area (Å²) in [7, 11) is 0. The maximum Gasteiger partial charge on any atom is 0.0687 e. The van der Waals surface area contributed by atoms with Gasteiger partial charge in [0.25, 0.3) is 0 Å². The van der Waals surface area contributed by atoms with Crippen molar-refractivity contribution in [3.05, 3.63) is 0 Å². The van der Waals surface area contributed by atoms with Crippen molar-refractivity contribution in [2.45, 2.75) is 40.2 Å².